The summed E-state index contributed by atoms with van der Waals surface area (Å²) in [5, 5.41) is 1.48. The summed E-state index contributed by atoms with van der Waals surface area (Å²) in [6, 6.07) is 3.68. The van der Waals surface area contributed by atoms with Crippen molar-refractivity contribution in [1.29, 1.82) is 0 Å². The molecule has 0 aliphatic carbocycles. The van der Waals surface area contributed by atoms with Crippen LogP contribution in [0, 0.1) is 0 Å². The van der Waals surface area contributed by atoms with Gasteiger partial charge in [0.15, 0.2) is 5.22 Å². The highest BCUT2D eigenvalue weighted by Crippen LogP contribution is 2.14. The molecule has 0 saturated carbocycles. The number of hydrogen-bond donors (Lipinski definition) is 0. The number of hydrogen-bond acceptors (Lipinski definition) is 1. The smallest absolute Gasteiger partial charge is 0.193 e. The maximum atomic E-state index is 5.56. The molecule has 0 radical (unpaired) electrons. The normalized spacial score (nSPS) is 10.2. The average Bonchev–Trinajstić information content (AvgIpc) is 2.31. The van der Waals surface area contributed by atoms with Gasteiger partial charge in [-0.05, 0) is 30.2 Å². The number of halogens is 2. The Morgan fingerprint density at radius 3 is 2.80 bits per heavy atom. The molecule has 10 heavy (non-hydrogen) atoms. The first-order valence-electron chi connectivity index (χ1n) is 3.13. The quantitative estimate of drug-likeness (QED) is 0.717. The number of aryl methyl sites for hydroxylation is 1. The summed E-state index contributed by atoms with van der Waals surface area (Å²) in [6.45, 7) is 0. The summed E-state index contributed by atoms with van der Waals surface area (Å²) in [4.78, 5) is 0. The maximum absolute atomic E-state index is 5.56. The molecule has 0 aliphatic heterocycles. The summed E-state index contributed by atoms with van der Waals surface area (Å²) >= 11 is 8.90. The summed E-state index contributed by atoms with van der Waals surface area (Å²) in [6.07, 6.45) is 2.04. The second-order valence-electron chi connectivity index (χ2n) is 2.00. The molecule has 0 fully saturated rings. The minimum atomic E-state index is 0.476. The van der Waals surface area contributed by atoms with Gasteiger partial charge in [-0.25, -0.2) is 0 Å². The van der Waals surface area contributed by atoms with E-state index >= 15 is 0 Å². The van der Waals surface area contributed by atoms with Crippen LogP contribution in [0.15, 0.2) is 16.5 Å². The molecule has 1 aromatic rings. The molecule has 0 aromatic carbocycles. The van der Waals surface area contributed by atoms with Crippen molar-refractivity contribution in [3.05, 3.63) is 23.1 Å². The lowest BCUT2D eigenvalue weighted by Gasteiger charge is -1.90. The van der Waals surface area contributed by atoms with Crippen LogP contribution >= 0.6 is 27.5 Å². The van der Waals surface area contributed by atoms with E-state index in [9.17, 15) is 0 Å². The van der Waals surface area contributed by atoms with Gasteiger partial charge in [0.1, 0.15) is 5.76 Å². The lowest BCUT2D eigenvalue weighted by Crippen LogP contribution is -1.80. The van der Waals surface area contributed by atoms with Crippen molar-refractivity contribution in [3.8, 4) is 0 Å². The predicted octanol–water partition coefficient (Wildman–Crippen LogP) is 3.26. The van der Waals surface area contributed by atoms with Crippen molar-refractivity contribution in [2.24, 2.45) is 0 Å². The van der Waals surface area contributed by atoms with Gasteiger partial charge < -0.3 is 4.42 Å². The van der Waals surface area contributed by atoms with Crippen molar-refractivity contribution in [1.82, 2.24) is 0 Å². The van der Waals surface area contributed by atoms with Crippen molar-refractivity contribution in [2.75, 3.05) is 5.33 Å². The average molecular weight is 223 g/mol. The molecule has 0 aliphatic rings. The molecule has 1 nitrogen and oxygen atoms in total. The highest BCUT2D eigenvalue weighted by molar-refractivity contribution is 9.09. The molecular formula is C7H8BrClO. The van der Waals surface area contributed by atoms with Gasteiger partial charge in [0.05, 0.1) is 0 Å². The first-order chi connectivity index (χ1) is 4.83. The van der Waals surface area contributed by atoms with E-state index in [1.54, 1.807) is 6.07 Å². The van der Waals surface area contributed by atoms with Gasteiger partial charge in [0, 0.05) is 11.8 Å². The van der Waals surface area contributed by atoms with Crippen molar-refractivity contribution >= 4 is 27.5 Å². The van der Waals surface area contributed by atoms with Gasteiger partial charge in [0.25, 0.3) is 0 Å². The molecule has 0 amide bonds. The minimum absolute atomic E-state index is 0.476. The molecule has 1 rings (SSSR count). The number of rotatable bonds is 3. The largest absolute Gasteiger partial charge is 0.450 e. The highest BCUT2D eigenvalue weighted by Gasteiger charge is 1.97. The van der Waals surface area contributed by atoms with Gasteiger partial charge in [-0.1, -0.05) is 15.9 Å². The van der Waals surface area contributed by atoms with E-state index < -0.39 is 0 Å². The van der Waals surface area contributed by atoms with Gasteiger partial charge >= 0.3 is 0 Å². The standard InChI is InChI=1S/C7H8BrClO/c8-5-1-2-6-3-4-7(9)10-6/h3-4H,1-2,5H2. The molecule has 1 aromatic heterocycles. The summed E-state index contributed by atoms with van der Waals surface area (Å²) in [5.41, 5.74) is 0. The molecule has 0 unspecified atom stereocenters. The topological polar surface area (TPSA) is 13.1 Å². The van der Waals surface area contributed by atoms with Gasteiger partial charge in [-0.2, -0.15) is 0 Å². The lowest BCUT2D eigenvalue weighted by molar-refractivity contribution is 0.509. The fourth-order valence-corrected chi connectivity index (χ4v) is 1.17. The molecule has 0 atom stereocenters. The monoisotopic (exact) mass is 222 g/mol. The van der Waals surface area contributed by atoms with E-state index in [-0.39, 0.29) is 0 Å². The Morgan fingerprint density at radius 1 is 1.50 bits per heavy atom. The molecule has 0 bridgehead atoms. The Kier molecular flexibility index (Phi) is 3.29. The summed E-state index contributed by atoms with van der Waals surface area (Å²) in [7, 11) is 0. The van der Waals surface area contributed by atoms with E-state index in [4.69, 9.17) is 16.0 Å². The van der Waals surface area contributed by atoms with Crippen LogP contribution in [0.5, 0.6) is 0 Å². The maximum Gasteiger partial charge on any atom is 0.193 e. The molecular weight excluding hydrogens is 215 g/mol. The van der Waals surface area contributed by atoms with E-state index in [1.807, 2.05) is 6.07 Å². The number of furan rings is 1. The second kappa shape index (κ2) is 4.04. The van der Waals surface area contributed by atoms with Crippen molar-refractivity contribution in [2.45, 2.75) is 12.8 Å². The zero-order valence-electron chi connectivity index (χ0n) is 5.44. The van der Waals surface area contributed by atoms with Crippen LogP contribution in [-0.2, 0) is 6.42 Å². The first-order valence-corrected chi connectivity index (χ1v) is 4.63. The van der Waals surface area contributed by atoms with Crippen LogP contribution in [-0.4, -0.2) is 5.33 Å². The van der Waals surface area contributed by atoms with Crippen LogP contribution in [0.4, 0.5) is 0 Å². The summed E-state index contributed by atoms with van der Waals surface area (Å²) < 4.78 is 5.13. The predicted molar refractivity (Wildman–Crippen MR) is 45.8 cm³/mol. The van der Waals surface area contributed by atoms with Crippen LogP contribution in [0.1, 0.15) is 12.2 Å². The molecule has 0 N–H and O–H groups in total. The number of alkyl halides is 1. The third kappa shape index (κ3) is 2.35. The van der Waals surface area contributed by atoms with Crippen LogP contribution in [0.25, 0.3) is 0 Å². The van der Waals surface area contributed by atoms with Crippen LogP contribution < -0.4 is 0 Å². The molecule has 1 heterocycles. The Balaban J connectivity index is 2.42. The Labute approximate surface area is 73.5 Å². The van der Waals surface area contributed by atoms with Crippen LogP contribution in [0.3, 0.4) is 0 Å². The van der Waals surface area contributed by atoms with Gasteiger partial charge in [-0.15, -0.1) is 0 Å². The zero-order chi connectivity index (χ0) is 7.40. The van der Waals surface area contributed by atoms with E-state index in [0.717, 1.165) is 23.9 Å². The fourth-order valence-electron chi connectivity index (χ4n) is 0.727. The SMILES string of the molecule is Clc1ccc(CCCBr)o1. The van der Waals surface area contributed by atoms with Gasteiger partial charge in [0.2, 0.25) is 0 Å². The Hall–Kier alpha value is 0.0500. The lowest BCUT2D eigenvalue weighted by atomic mass is 10.3. The Morgan fingerprint density at radius 2 is 2.30 bits per heavy atom. The van der Waals surface area contributed by atoms with E-state index in [0.29, 0.717) is 5.22 Å². The minimum Gasteiger partial charge on any atom is -0.450 e. The molecule has 56 valence electrons. The van der Waals surface area contributed by atoms with Gasteiger partial charge in [-0.3, -0.25) is 0 Å². The third-order valence-electron chi connectivity index (χ3n) is 1.19. The zero-order valence-corrected chi connectivity index (χ0v) is 7.78. The summed E-state index contributed by atoms with van der Waals surface area (Å²) in [5.74, 6) is 0.962. The van der Waals surface area contributed by atoms with Crippen LogP contribution in [0.2, 0.25) is 5.22 Å². The third-order valence-corrected chi connectivity index (χ3v) is 1.95. The van der Waals surface area contributed by atoms with E-state index in [1.165, 1.54) is 0 Å². The molecule has 0 saturated heterocycles. The second-order valence-corrected chi connectivity index (χ2v) is 3.16. The van der Waals surface area contributed by atoms with Crippen molar-refractivity contribution < 1.29 is 4.42 Å². The first kappa shape index (κ1) is 8.15. The van der Waals surface area contributed by atoms with E-state index in [2.05, 4.69) is 15.9 Å². The molecule has 0 spiro atoms. The molecule has 3 heteroatoms. The highest BCUT2D eigenvalue weighted by atomic mass is 79.9. The van der Waals surface area contributed by atoms with Crippen molar-refractivity contribution in [3.63, 3.8) is 0 Å². The fraction of sp³-hybridized carbons (Fsp3) is 0.429. The Bertz CT molecular complexity index is 197.